The van der Waals surface area contributed by atoms with E-state index in [4.69, 9.17) is 9.47 Å². The molecule has 1 heterocycles. The Labute approximate surface area is 106 Å². The summed E-state index contributed by atoms with van der Waals surface area (Å²) in [5.74, 6) is 0.659. The second kappa shape index (κ2) is 4.19. The molecule has 0 radical (unpaired) electrons. The van der Waals surface area contributed by atoms with Crippen molar-refractivity contribution in [1.82, 2.24) is 0 Å². The largest absolute Gasteiger partial charge is 0.486 e. The SMILES string of the molecule is O=C(O)C1(c2ccc3c(c2)OCCO3)CCCC1. The van der Waals surface area contributed by atoms with Gasteiger partial charge in [0.1, 0.15) is 13.2 Å². The maximum Gasteiger partial charge on any atom is 0.314 e. The van der Waals surface area contributed by atoms with Crippen molar-refractivity contribution < 1.29 is 19.4 Å². The summed E-state index contributed by atoms with van der Waals surface area (Å²) in [6, 6.07) is 5.54. The average Bonchev–Trinajstić information content (AvgIpc) is 2.89. The van der Waals surface area contributed by atoms with Crippen LogP contribution in [-0.4, -0.2) is 24.3 Å². The monoisotopic (exact) mass is 248 g/mol. The van der Waals surface area contributed by atoms with E-state index in [-0.39, 0.29) is 0 Å². The maximum atomic E-state index is 11.6. The first-order valence-corrected chi connectivity index (χ1v) is 6.36. The van der Waals surface area contributed by atoms with E-state index in [9.17, 15) is 9.90 Å². The van der Waals surface area contributed by atoms with E-state index in [1.807, 2.05) is 18.2 Å². The summed E-state index contributed by atoms with van der Waals surface area (Å²) in [7, 11) is 0. The molecule has 0 aromatic heterocycles. The van der Waals surface area contributed by atoms with Crippen molar-refractivity contribution in [1.29, 1.82) is 0 Å². The Morgan fingerprint density at radius 2 is 1.78 bits per heavy atom. The number of ether oxygens (including phenoxy) is 2. The van der Waals surface area contributed by atoms with E-state index in [2.05, 4.69) is 0 Å². The highest BCUT2D eigenvalue weighted by Crippen LogP contribution is 2.44. The molecule has 0 saturated heterocycles. The van der Waals surface area contributed by atoms with Crippen molar-refractivity contribution in [2.45, 2.75) is 31.1 Å². The van der Waals surface area contributed by atoms with Crippen molar-refractivity contribution in [3.05, 3.63) is 23.8 Å². The minimum Gasteiger partial charge on any atom is -0.486 e. The topological polar surface area (TPSA) is 55.8 Å². The highest BCUT2D eigenvalue weighted by Gasteiger charge is 2.43. The lowest BCUT2D eigenvalue weighted by atomic mass is 9.79. The zero-order valence-corrected chi connectivity index (χ0v) is 10.1. The maximum absolute atomic E-state index is 11.6. The molecular formula is C14H16O4. The van der Waals surface area contributed by atoms with Crippen LogP contribution in [0, 0.1) is 0 Å². The molecule has 18 heavy (non-hydrogen) atoms. The predicted octanol–water partition coefficient (Wildman–Crippen LogP) is 2.35. The summed E-state index contributed by atoms with van der Waals surface area (Å²) in [6.45, 7) is 1.08. The molecule has 96 valence electrons. The second-order valence-corrected chi connectivity index (χ2v) is 4.95. The molecule has 1 aliphatic heterocycles. The van der Waals surface area contributed by atoms with Gasteiger partial charge in [-0.25, -0.2) is 0 Å². The summed E-state index contributed by atoms with van der Waals surface area (Å²) in [4.78, 5) is 11.6. The number of benzene rings is 1. The van der Waals surface area contributed by atoms with Crippen LogP contribution < -0.4 is 9.47 Å². The van der Waals surface area contributed by atoms with Crippen LogP contribution in [0.5, 0.6) is 11.5 Å². The lowest BCUT2D eigenvalue weighted by molar-refractivity contribution is -0.143. The molecule has 4 heteroatoms. The molecule has 1 fully saturated rings. The first kappa shape index (κ1) is 11.4. The van der Waals surface area contributed by atoms with Gasteiger partial charge in [-0.2, -0.15) is 0 Å². The van der Waals surface area contributed by atoms with Gasteiger partial charge < -0.3 is 14.6 Å². The fourth-order valence-corrected chi connectivity index (χ4v) is 2.95. The zero-order valence-electron chi connectivity index (χ0n) is 10.1. The lowest BCUT2D eigenvalue weighted by Crippen LogP contribution is -2.32. The molecule has 4 nitrogen and oxygen atoms in total. The Bertz CT molecular complexity index is 475. The van der Waals surface area contributed by atoms with E-state index >= 15 is 0 Å². The standard InChI is InChI=1S/C14H16O4/c15-13(16)14(5-1-2-6-14)10-3-4-11-12(9-10)18-8-7-17-11/h3-4,9H,1-2,5-8H2,(H,15,16). The number of fused-ring (bicyclic) bond motifs is 1. The summed E-state index contributed by atoms with van der Waals surface area (Å²) >= 11 is 0. The summed E-state index contributed by atoms with van der Waals surface area (Å²) in [6.07, 6.45) is 3.37. The van der Waals surface area contributed by atoms with Crippen molar-refractivity contribution in [2.24, 2.45) is 0 Å². The molecule has 0 atom stereocenters. The van der Waals surface area contributed by atoms with Crippen LogP contribution >= 0.6 is 0 Å². The van der Waals surface area contributed by atoms with E-state index in [0.717, 1.165) is 18.4 Å². The minimum atomic E-state index is -0.726. The Morgan fingerprint density at radius 1 is 1.11 bits per heavy atom. The molecule has 1 aliphatic carbocycles. The number of carboxylic acid groups (broad SMARTS) is 1. The molecule has 3 rings (SSSR count). The number of aliphatic carboxylic acids is 1. The molecule has 1 saturated carbocycles. The number of hydrogen-bond donors (Lipinski definition) is 1. The van der Waals surface area contributed by atoms with Crippen LogP contribution in [0.4, 0.5) is 0 Å². The highest BCUT2D eigenvalue weighted by atomic mass is 16.6. The van der Waals surface area contributed by atoms with Crippen LogP contribution in [0.3, 0.4) is 0 Å². The second-order valence-electron chi connectivity index (χ2n) is 4.95. The van der Waals surface area contributed by atoms with Crippen LogP contribution in [0.1, 0.15) is 31.2 Å². The van der Waals surface area contributed by atoms with Crippen molar-refractivity contribution in [3.8, 4) is 11.5 Å². The molecule has 0 bridgehead atoms. The van der Waals surface area contributed by atoms with Gasteiger partial charge in [-0.05, 0) is 30.5 Å². The van der Waals surface area contributed by atoms with Gasteiger partial charge in [0, 0.05) is 0 Å². The molecule has 1 N–H and O–H groups in total. The smallest absolute Gasteiger partial charge is 0.314 e. The van der Waals surface area contributed by atoms with Crippen molar-refractivity contribution >= 4 is 5.97 Å². The molecule has 0 unspecified atom stereocenters. The van der Waals surface area contributed by atoms with Gasteiger partial charge in [0.25, 0.3) is 0 Å². The van der Waals surface area contributed by atoms with Gasteiger partial charge in [-0.3, -0.25) is 4.79 Å². The van der Waals surface area contributed by atoms with E-state index in [1.165, 1.54) is 0 Å². The third-order valence-corrected chi connectivity index (χ3v) is 3.96. The number of carboxylic acids is 1. The Kier molecular flexibility index (Phi) is 2.65. The van der Waals surface area contributed by atoms with Crippen LogP contribution in [0.2, 0.25) is 0 Å². The van der Waals surface area contributed by atoms with Crippen LogP contribution in [0.25, 0.3) is 0 Å². The fourth-order valence-electron chi connectivity index (χ4n) is 2.95. The quantitative estimate of drug-likeness (QED) is 0.872. The lowest BCUT2D eigenvalue weighted by Gasteiger charge is -2.26. The summed E-state index contributed by atoms with van der Waals surface area (Å²) < 4.78 is 11.0. The van der Waals surface area contributed by atoms with Gasteiger partial charge in [0.15, 0.2) is 11.5 Å². The van der Waals surface area contributed by atoms with E-state index < -0.39 is 11.4 Å². The van der Waals surface area contributed by atoms with Gasteiger partial charge in [0.05, 0.1) is 5.41 Å². The fraction of sp³-hybridized carbons (Fsp3) is 0.500. The molecular weight excluding hydrogens is 232 g/mol. The molecule has 1 aromatic rings. The molecule has 2 aliphatic rings. The number of carbonyl (C=O) groups is 1. The number of rotatable bonds is 2. The average molecular weight is 248 g/mol. The number of hydrogen-bond acceptors (Lipinski definition) is 3. The normalized spacial score (nSPS) is 20.7. The molecule has 0 amide bonds. The first-order valence-electron chi connectivity index (χ1n) is 6.36. The van der Waals surface area contributed by atoms with Gasteiger partial charge in [-0.15, -0.1) is 0 Å². The third kappa shape index (κ3) is 1.64. The summed E-state index contributed by atoms with van der Waals surface area (Å²) in [5.41, 5.74) is 0.118. The third-order valence-electron chi connectivity index (χ3n) is 3.96. The van der Waals surface area contributed by atoms with E-state index in [0.29, 0.717) is 37.6 Å². The van der Waals surface area contributed by atoms with Crippen LogP contribution in [0.15, 0.2) is 18.2 Å². The molecule has 0 spiro atoms. The zero-order chi connectivity index (χ0) is 12.6. The minimum absolute atomic E-state index is 0.524. The van der Waals surface area contributed by atoms with Gasteiger partial charge in [0.2, 0.25) is 0 Å². The van der Waals surface area contributed by atoms with Crippen LogP contribution in [-0.2, 0) is 10.2 Å². The highest BCUT2D eigenvalue weighted by molar-refractivity contribution is 5.82. The Hall–Kier alpha value is -1.71. The van der Waals surface area contributed by atoms with Crippen molar-refractivity contribution in [3.63, 3.8) is 0 Å². The first-order chi connectivity index (χ1) is 8.72. The van der Waals surface area contributed by atoms with E-state index in [1.54, 1.807) is 0 Å². The Morgan fingerprint density at radius 3 is 2.44 bits per heavy atom. The Balaban J connectivity index is 2.02. The van der Waals surface area contributed by atoms with Crippen molar-refractivity contribution in [2.75, 3.05) is 13.2 Å². The van der Waals surface area contributed by atoms with Gasteiger partial charge >= 0.3 is 5.97 Å². The summed E-state index contributed by atoms with van der Waals surface area (Å²) in [5, 5.41) is 9.55. The molecule has 1 aromatic carbocycles. The predicted molar refractivity (Wildman–Crippen MR) is 65.2 cm³/mol. The van der Waals surface area contributed by atoms with Gasteiger partial charge in [-0.1, -0.05) is 18.9 Å².